The molecule has 2 N–H and O–H groups in total. The average molecular weight is 477 g/mol. The molecule has 0 radical (unpaired) electrons. The molecule has 0 saturated heterocycles. The van der Waals surface area contributed by atoms with Crippen molar-refractivity contribution in [1.29, 1.82) is 0 Å². The van der Waals surface area contributed by atoms with Crippen LogP contribution in [0, 0.1) is 34.5 Å². The Balaban J connectivity index is 1.81. The van der Waals surface area contributed by atoms with E-state index >= 15 is 4.39 Å². The number of halogens is 1. The van der Waals surface area contributed by atoms with Gasteiger partial charge in [-0.15, -0.1) is 0 Å². The highest BCUT2D eigenvalue weighted by atomic mass is 19.1. The average Bonchev–Trinajstić information content (AvgIpc) is 2.96. The Hall–Kier alpha value is -1.86. The van der Waals surface area contributed by atoms with Gasteiger partial charge in [0, 0.05) is 29.1 Å². The summed E-state index contributed by atoms with van der Waals surface area (Å²) in [5.74, 6) is -2.65. The predicted octanol–water partition coefficient (Wildman–Crippen LogP) is 3.49. The lowest BCUT2D eigenvalue weighted by Crippen LogP contribution is -2.70. The van der Waals surface area contributed by atoms with Crippen molar-refractivity contribution in [3.8, 4) is 0 Å². The number of aliphatic hydroxyl groups excluding tert-OH is 2. The van der Waals surface area contributed by atoms with E-state index in [1.54, 1.807) is 13.0 Å². The molecule has 4 aliphatic rings. The number of esters is 1. The number of fused-ring (bicyclic) bond motifs is 5. The molecule has 4 aliphatic carbocycles. The minimum Gasteiger partial charge on any atom is -0.450 e. The van der Waals surface area contributed by atoms with Gasteiger partial charge in [-0.3, -0.25) is 14.4 Å². The van der Waals surface area contributed by atoms with Gasteiger partial charge in [0.1, 0.15) is 6.61 Å². The fraction of sp³-hybridized carbons (Fsp3) is 0.741. The molecule has 0 aromatic heterocycles. The van der Waals surface area contributed by atoms with Gasteiger partial charge < -0.3 is 14.9 Å². The molecule has 0 aromatic carbocycles. The van der Waals surface area contributed by atoms with Crippen molar-refractivity contribution >= 4 is 17.5 Å². The van der Waals surface area contributed by atoms with Crippen molar-refractivity contribution in [2.45, 2.75) is 84.1 Å². The van der Waals surface area contributed by atoms with Crippen LogP contribution in [0.5, 0.6) is 0 Å². The second kappa shape index (κ2) is 8.09. The fourth-order valence-corrected chi connectivity index (χ4v) is 8.07. The van der Waals surface area contributed by atoms with Crippen molar-refractivity contribution in [2.75, 3.05) is 6.61 Å². The maximum atomic E-state index is 17.3. The summed E-state index contributed by atoms with van der Waals surface area (Å²) in [5.41, 5.74) is -5.14. The topological polar surface area (TPSA) is 101 Å². The number of hydrogen-bond acceptors (Lipinski definition) is 6. The van der Waals surface area contributed by atoms with Gasteiger partial charge in [-0.2, -0.15) is 0 Å². The predicted molar refractivity (Wildman–Crippen MR) is 123 cm³/mol. The van der Waals surface area contributed by atoms with Crippen molar-refractivity contribution in [1.82, 2.24) is 0 Å². The monoisotopic (exact) mass is 476 g/mol. The second-order valence-electron chi connectivity index (χ2n) is 11.8. The largest absolute Gasteiger partial charge is 0.450 e. The molecular formula is C27H37FO6. The maximum absolute atomic E-state index is 17.3. The molecule has 0 aromatic rings. The smallest absolute Gasteiger partial charge is 0.307 e. The Morgan fingerprint density at radius 2 is 1.94 bits per heavy atom. The zero-order valence-electron chi connectivity index (χ0n) is 20.8. The van der Waals surface area contributed by atoms with Crippen LogP contribution in [0.4, 0.5) is 4.39 Å². The molecule has 188 valence electrons. The Bertz CT molecular complexity index is 970. The van der Waals surface area contributed by atoms with Crippen molar-refractivity contribution in [2.24, 2.45) is 34.5 Å². The Labute approximate surface area is 200 Å². The summed E-state index contributed by atoms with van der Waals surface area (Å²) < 4.78 is 23.3. The summed E-state index contributed by atoms with van der Waals surface area (Å²) in [5, 5.41) is 21.4. The van der Waals surface area contributed by atoms with Gasteiger partial charge in [-0.1, -0.05) is 39.3 Å². The lowest BCUT2D eigenvalue weighted by Gasteiger charge is -2.62. The van der Waals surface area contributed by atoms with E-state index in [4.69, 9.17) is 4.74 Å². The zero-order chi connectivity index (χ0) is 25.3. The van der Waals surface area contributed by atoms with Crippen LogP contribution in [0.15, 0.2) is 23.8 Å². The highest BCUT2D eigenvalue weighted by molar-refractivity contribution is 6.01. The van der Waals surface area contributed by atoms with Gasteiger partial charge in [0.05, 0.1) is 6.10 Å². The van der Waals surface area contributed by atoms with Crippen molar-refractivity contribution in [3.05, 3.63) is 23.8 Å². The summed E-state index contributed by atoms with van der Waals surface area (Å²) in [6.45, 7) is 8.34. The van der Waals surface area contributed by atoms with Gasteiger partial charge in [0.2, 0.25) is 5.78 Å². The minimum atomic E-state index is -2.03. The van der Waals surface area contributed by atoms with Crippen LogP contribution >= 0.6 is 0 Å². The molecule has 3 fully saturated rings. The Kier molecular flexibility index (Phi) is 6.00. The molecule has 0 aliphatic heterocycles. The zero-order valence-corrected chi connectivity index (χ0v) is 20.8. The number of carbonyl (C=O) groups is 3. The second-order valence-corrected chi connectivity index (χ2v) is 11.8. The number of allylic oxidation sites excluding steroid dienone is 4. The number of alkyl halides is 1. The maximum Gasteiger partial charge on any atom is 0.307 e. The van der Waals surface area contributed by atoms with E-state index in [0.29, 0.717) is 24.8 Å². The third-order valence-electron chi connectivity index (χ3n) is 9.59. The SMILES string of the molecule is CC(C)CC(=O)O[C@]1(C(=O)CO)[C@@H](C)C[C@H]2[C@@H]3CCC4=CC(=O)C=C[C@]4(C)[C@@]3(F)C(O)C[C@@]21C. The molecule has 34 heavy (non-hydrogen) atoms. The minimum absolute atomic E-state index is 0.0221. The highest BCUT2D eigenvalue weighted by Gasteiger charge is 2.77. The van der Waals surface area contributed by atoms with Crippen LogP contribution in [0.2, 0.25) is 0 Å². The van der Waals surface area contributed by atoms with E-state index in [2.05, 4.69) is 0 Å². The molecular weight excluding hydrogens is 439 g/mol. The van der Waals surface area contributed by atoms with E-state index in [-0.39, 0.29) is 30.5 Å². The molecule has 1 unspecified atom stereocenters. The first-order valence-electron chi connectivity index (χ1n) is 12.4. The first-order valence-corrected chi connectivity index (χ1v) is 12.4. The number of Topliss-reactive ketones (excluding diaryl/α,β-unsaturated/α-hetero) is 1. The summed E-state index contributed by atoms with van der Waals surface area (Å²) in [6, 6.07) is 0. The van der Waals surface area contributed by atoms with Crippen LogP contribution in [0.1, 0.15) is 66.7 Å². The van der Waals surface area contributed by atoms with E-state index in [9.17, 15) is 24.6 Å². The van der Waals surface area contributed by atoms with Gasteiger partial charge in [0.25, 0.3) is 0 Å². The van der Waals surface area contributed by atoms with E-state index in [1.165, 1.54) is 12.2 Å². The quantitative estimate of drug-likeness (QED) is 0.589. The van der Waals surface area contributed by atoms with Crippen molar-refractivity contribution < 1.29 is 33.7 Å². The highest BCUT2D eigenvalue weighted by Crippen LogP contribution is 2.71. The Morgan fingerprint density at radius 3 is 2.56 bits per heavy atom. The van der Waals surface area contributed by atoms with Gasteiger partial charge in [-0.25, -0.2) is 4.39 Å². The number of ketones is 2. The fourth-order valence-electron chi connectivity index (χ4n) is 8.07. The Morgan fingerprint density at radius 1 is 1.26 bits per heavy atom. The van der Waals surface area contributed by atoms with Gasteiger partial charge in [-0.05, 0) is 56.6 Å². The molecule has 0 bridgehead atoms. The number of ether oxygens (including phenoxy) is 1. The normalized spacial score (nSPS) is 45.3. The van der Waals surface area contributed by atoms with E-state index in [1.807, 2.05) is 27.7 Å². The van der Waals surface area contributed by atoms with Gasteiger partial charge in [0.15, 0.2) is 17.1 Å². The lowest BCUT2D eigenvalue weighted by molar-refractivity contribution is -0.228. The molecule has 3 saturated carbocycles. The standard InChI is InChI=1S/C27H37FO6/c1-15(2)10-23(33)34-27(22(32)14-29)16(3)11-20-19-7-6-17-12-18(30)8-9-24(17,4)26(19,28)21(31)13-25(20,27)5/h8-9,12,15-16,19-21,29,31H,6-7,10-11,13-14H2,1-5H3/t16-,19-,20-,21?,24-,25-,26-,27-/m0/s1. The first-order chi connectivity index (χ1) is 15.8. The van der Waals surface area contributed by atoms with Crippen LogP contribution in [-0.2, 0) is 19.1 Å². The molecule has 0 amide bonds. The molecule has 8 atom stereocenters. The van der Waals surface area contributed by atoms with Crippen LogP contribution in [0.25, 0.3) is 0 Å². The van der Waals surface area contributed by atoms with Crippen molar-refractivity contribution in [3.63, 3.8) is 0 Å². The third kappa shape index (κ3) is 3.08. The van der Waals surface area contributed by atoms with E-state index < -0.39 is 58.4 Å². The molecule has 0 heterocycles. The molecule has 0 spiro atoms. The summed E-state index contributed by atoms with van der Waals surface area (Å²) >= 11 is 0. The van der Waals surface area contributed by atoms with E-state index in [0.717, 1.165) is 0 Å². The summed E-state index contributed by atoms with van der Waals surface area (Å²) in [4.78, 5) is 38.2. The molecule has 6 nitrogen and oxygen atoms in total. The number of carbonyl (C=O) groups excluding carboxylic acids is 3. The third-order valence-corrected chi connectivity index (χ3v) is 9.59. The first kappa shape index (κ1) is 25.2. The number of aliphatic hydroxyl groups is 2. The van der Waals surface area contributed by atoms with Crippen LogP contribution in [-0.4, -0.2) is 51.7 Å². The lowest BCUT2D eigenvalue weighted by atomic mass is 9.44. The number of rotatable bonds is 5. The molecule has 4 rings (SSSR count). The van der Waals surface area contributed by atoms with Gasteiger partial charge >= 0.3 is 5.97 Å². The number of hydrogen-bond donors (Lipinski definition) is 2. The summed E-state index contributed by atoms with van der Waals surface area (Å²) in [6.07, 6.45) is 4.44. The van der Waals surface area contributed by atoms with Crippen LogP contribution < -0.4 is 0 Å². The molecule has 7 heteroatoms. The summed E-state index contributed by atoms with van der Waals surface area (Å²) in [7, 11) is 0. The van der Waals surface area contributed by atoms with Crippen LogP contribution in [0.3, 0.4) is 0 Å².